The quantitative estimate of drug-likeness (QED) is 0.541. The molecule has 1 aromatic rings. The topological polar surface area (TPSA) is 56.7 Å². The molecule has 0 bridgehead atoms. The van der Waals surface area contributed by atoms with Gasteiger partial charge < -0.3 is 15.7 Å². The summed E-state index contributed by atoms with van der Waals surface area (Å²) in [5, 5.41) is 16.6. The van der Waals surface area contributed by atoms with Crippen LogP contribution in [0, 0.1) is 0 Å². The predicted octanol–water partition coefficient (Wildman–Crippen LogP) is 1.83. The number of benzene rings is 1. The monoisotopic (exact) mass is 261 g/mol. The lowest BCUT2D eigenvalue weighted by Crippen LogP contribution is -2.38. The minimum absolute atomic E-state index is 0.436. The van der Waals surface area contributed by atoms with Crippen molar-refractivity contribution in [2.24, 2.45) is 4.99 Å². The second-order valence-corrected chi connectivity index (χ2v) is 4.89. The Bertz CT molecular complexity index is 401. The van der Waals surface area contributed by atoms with E-state index in [2.05, 4.69) is 22.5 Å². The van der Waals surface area contributed by atoms with E-state index in [9.17, 15) is 5.11 Å². The van der Waals surface area contributed by atoms with Gasteiger partial charge in [0.05, 0.1) is 6.10 Å². The molecule has 0 aliphatic heterocycles. The number of aliphatic imine (C=N–C) groups is 1. The van der Waals surface area contributed by atoms with Gasteiger partial charge in [0, 0.05) is 19.1 Å². The molecule has 1 aromatic carbocycles. The van der Waals surface area contributed by atoms with Crippen LogP contribution >= 0.6 is 0 Å². The Morgan fingerprint density at radius 2 is 2.11 bits per heavy atom. The van der Waals surface area contributed by atoms with Gasteiger partial charge in [-0.15, -0.1) is 0 Å². The van der Waals surface area contributed by atoms with Crippen LogP contribution in [0.25, 0.3) is 0 Å². The molecule has 2 rings (SSSR count). The standard InChI is InChI=1S/C15H23N3O/c1-2-16-15(18-13-8-9-13)17-11-10-14(19)12-6-4-3-5-7-12/h3-7,13-14,19H,2,8-11H2,1H3,(H2,16,17,18). The molecule has 19 heavy (non-hydrogen) atoms. The molecule has 1 fully saturated rings. The molecule has 104 valence electrons. The molecule has 1 atom stereocenters. The Balaban J connectivity index is 1.79. The zero-order valence-electron chi connectivity index (χ0n) is 11.5. The highest BCUT2D eigenvalue weighted by Crippen LogP contribution is 2.18. The fourth-order valence-electron chi connectivity index (χ4n) is 1.88. The van der Waals surface area contributed by atoms with E-state index in [-0.39, 0.29) is 0 Å². The van der Waals surface area contributed by atoms with Crippen LogP contribution in [-0.4, -0.2) is 30.2 Å². The van der Waals surface area contributed by atoms with Gasteiger partial charge in [-0.2, -0.15) is 0 Å². The molecule has 0 spiro atoms. The highest BCUT2D eigenvalue weighted by molar-refractivity contribution is 5.80. The van der Waals surface area contributed by atoms with Gasteiger partial charge in [-0.25, -0.2) is 0 Å². The average molecular weight is 261 g/mol. The Labute approximate surface area is 114 Å². The van der Waals surface area contributed by atoms with Crippen molar-refractivity contribution in [1.29, 1.82) is 0 Å². The van der Waals surface area contributed by atoms with Crippen molar-refractivity contribution in [3.05, 3.63) is 35.9 Å². The van der Waals surface area contributed by atoms with Gasteiger partial charge in [0.1, 0.15) is 0 Å². The van der Waals surface area contributed by atoms with Crippen molar-refractivity contribution in [3.63, 3.8) is 0 Å². The summed E-state index contributed by atoms with van der Waals surface area (Å²) in [5.41, 5.74) is 0.956. The van der Waals surface area contributed by atoms with Crippen LogP contribution in [0.3, 0.4) is 0 Å². The minimum Gasteiger partial charge on any atom is -0.388 e. The van der Waals surface area contributed by atoms with E-state index < -0.39 is 6.10 Å². The first-order valence-electron chi connectivity index (χ1n) is 7.07. The van der Waals surface area contributed by atoms with Crippen LogP contribution in [-0.2, 0) is 0 Å². The van der Waals surface area contributed by atoms with Crippen LogP contribution in [0.1, 0.15) is 37.9 Å². The Hall–Kier alpha value is -1.55. The number of hydrogen-bond donors (Lipinski definition) is 3. The molecule has 1 aliphatic carbocycles. The molecular weight excluding hydrogens is 238 g/mol. The summed E-state index contributed by atoms with van der Waals surface area (Å²) in [7, 11) is 0. The molecular formula is C15H23N3O. The first kappa shape index (κ1) is 13.9. The van der Waals surface area contributed by atoms with E-state index in [1.54, 1.807) is 0 Å². The number of aliphatic hydroxyl groups excluding tert-OH is 1. The van der Waals surface area contributed by atoms with Crippen LogP contribution in [0.2, 0.25) is 0 Å². The van der Waals surface area contributed by atoms with Crippen molar-refractivity contribution in [3.8, 4) is 0 Å². The van der Waals surface area contributed by atoms with Crippen molar-refractivity contribution >= 4 is 5.96 Å². The normalized spacial score (nSPS) is 17.1. The first-order chi connectivity index (χ1) is 9.29. The van der Waals surface area contributed by atoms with Crippen molar-refractivity contribution in [1.82, 2.24) is 10.6 Å². The number of nitrogens with zero attached hydrogens (tertiary/aromatic N) is 1. The van der Waals surface area contributed by atoms with Gasteiger partial charge in [0.15, 0.2) is 5.96 Å². The largest absolute Gasteiger partial charge is 0.388 e. The molecule has 0 heterocycles. The number of rotatable bonds is 6. The Morgan fingerprint density at radius 1 is 1.37 bits per heavy atom. The van der Waals surface area contributed by atoms with E-state index in [0.29, 0.717) is 19.0 Å². The third-order valence-corrected chi connectivity index (χ3v) is 3.12. The fraction of sp³-hybridized carbons (Fsp3) is 0.533. The molecule has 0 radical (unpaired) electrons. The van der Waals surface area contributed by atoms with E-state index in [1.807, 2.05) is 30.3 Å². The lowest BCUT2D eigenvalue weighted by molar-refractivity contribution is 0.170. The molecule has 4 heteroatoms. The molecule has 1 saturated carbocycles. The van der Waals surface area contributed by atoms with Gasteiger partial charge in [-0.1, -0.05) is 30.3 Å². The summed E-state index contributed by atoms with van der Waals surface area (Å²) in [6, 6.07) is 10.3. The molecule has 1 unspecified atom stereocenters. The van der Waals surface area contributed by atoms with Crippen LogP contribution in [0.4, 0.5) is 0 Å². The van der Waals surface area contributed by atoms with Gasteiger partial charge in [0.25, 0.3) is 0 Å². The minimum atomic E-state index is -0.436. The van der Waals surface area contributed by atoms with Crippen LogP contribution in [0.5, 0.6) is 0 Å². The van der Waals surface area contributed by atoms with E-state index in [4.69, 9.17) is 0 Å². The Kier molecular flexibility index (Phi) is 5.21. The number of aliphatic hydroxyl groups is 1. The third-order valence-electron chi connectivity index (χ3n) is 3.12. The summed E-state index contributed by atoms with van der Waals surface area (Å²) >= 11 is 0. The zero-order valence-corrected chi connectivity index (χ0v) is 11.5. The van der Waals surface area contributed by atoms with Crippen molar-refractivity contribution in [2.75, 3.05) is 13.1 Å². The van der Waals surface area contributed by atoms with E-state index in [1.165, 1.54) is 12.8 Å². The van der Waals surface area contributed by atoms with Crippen LogP contribution in [0.15, 0.2) is 35.3 Å². The van der Waals surface area contributed by atoms with Crippen LogP contribution < -0.4 is 10.6 Å². The predicted molar refractivity (Wildman–Crippen MR) is 78.2 cm³/mol. The second kappa shape index (κ2) is 7.14. The highest BCUT2D eigenvalue weighted by atomic mass is 16.3. The maximum atomic E-state index is 10.0. The van der Waals surface area contributed by atoms with Gasteiger partial charge in [-0.05, 0) is 31.7 Å². The maximum Gasteiger partial charge on any atom is 0.191 e. The lowest BCUT2D eigenvalue weighted by atomic mass is 10.1. The molecule has 1 aliphatic rings. The summed E-state index contributed by atoms with van der Waals surface area (Å²) in [4.78, 5) is 4.49. The Morgan fingerprint density at radius 3 is 2.74 bits per heavy atom. The number of hydrogen-bond acceptors (Lipinski definition) is 2. The lowest BCUT2D eigenvalue weighted by Gasteiger charge is -2.12. The van der Waals surface area contributed by atoms with E-state index in [0.717, 1.165) is 18.1 Å². The average Bonchev–Trinajstić information content (AvgIpc) is 3.24. The molecule has 3 N–H and O–H groups in total. The molecule has 0 amide bonds. The van der Waals surface area contributed by atoms with E-state index >= 15 is 0 Å². The third kappa shape index (κ3) is 4.91. The number of nitrogens with one attached hydrogen (secondary N) is 2. The summed E-state index contributed by atoms with van der Waals surface area (Å²) in [5.74, 6) is 0.866. The molecule has 0 saturated heterocycles. The summed E-state index contributed by atoms with van der Waals surface area (Å²) < 4.78 is 0. The van der Waals surface area contributed by atoms with Gasteiger partial charge in [0.2, 0.25) is 0 Å². The zero-order chi connectivity index (χ0) is 13.5. The highest BCUT2D eigenvalue weighted by Gasteiger charge is 2.22. The molecule has 4 nitrogen and oxygen atoms in total. The smallest absolute Gasteiger partial charge is 0.191 e. The van der Waals surface area contributed by atoms with Crippen molar-refractivity contribution < 1.29 is 5.11 Å². The van der Waals surface area contributed by atoms with Crippen molar-refractivity contribution in [2.45, 2.75) is 38.3 Å². The van der Waals surface area contributed by atoms with Gasteiger partial charge in [-0.3, -0.25) is 4.99 Å². The SMILES string of the molecule is CCNC(=NCCC(O)c1ccccc1)NC1CC1. The molecule has 0 aromatic heterocycles. The first-order valence-corrected chi connectivity index (χ1v) is 7.07. The summed E-state index contributed by atoms with van der Waals surface area (Å²) in [6.45, 7) is 3.54. The second-order valence-electron chi connectivity index (χ2n) is 4.89. The number of guanidine groups is 1. The van der Waals surface area contributed by atoms with Gasteiger partial charge >= 0.3 is 0 Å². The maximum absolute atomic E-state index is 10.0. The fourth-order valence-corrected chi connectivity index (χ4v) is 1.88. The summed E-state index contributed by atoms with van der Waals surface area (Å²) in [6.07, 6.45) is 2.67.